The summed E-state index contributed by atoms with van der Waals surface area (Å²) in [4.78, 5) is 15.6. The van der Waals surface area contributed by atoms with Crippen molar-refractivity contribution >= 4 is 5.97 Å². The van der Waals surface area contributed by atoms with Crippen LogP contribution < -0.4 is 0 Å². The molecule has 0 amide bonds. The topological polar surface area (TPSA) is 76.0 Å². The maximum atomic E-state index is 11.5. The van der Waals surface area contributed by atoms with Crippen molar-refractivity contribution in [3.05, 3.63) is 71.8 Å². The van der Waals surface area contributed by atoms with Gasteiger partial charge >= 0.3 is 5.97 Å². The van der Waals surface area contributed by atoms with Gasteiger partial charge in [0.1, 0.15) is 0 Å². The van der Waals surface area contributed by atoms with E-state index in [2.05, 4.69) is 17.0 Å². The largest absolute Gasteiger partial charge is 0.465 e. The Kier molecular flexibility index (Phi) is 18.3. The molecule has 2 unspecified atom stereocenters. The fourth-order valence-electron chi connectivity index (χ4n) is 2.60. The Morgan fingerprint density at radius 2 is 1.35 bits per heavy atom. The molecule has 5 nitrogen and oxygen atoms in total. The Morgan fingerprint density at radius 1 is 0.871 bits per heavy atom. The van der Waals surface area contributed by atoms with Crippen LogP contribution in [0.1, 0.15) is 51.7 Å². The molecule has 0 bridgehead atoms. The van der Waals surface area contributed by atoms with Gasteiger partial charge in [-0.3, -0.25) is 10.1 Å². The number of hydrogen-bond donors (Lipinski definition) is 2. The zero-order valence-electron chi connectivity index (χ0n) is 19.5. The van der Waals surface area contributed by atoms with E-state index in [4.69, 9.17) is 15.1 Å². The molecule has 0 spiro atoms. The maximum Gasteiger partial charge on any atom is 0.308 e. The Morgan fingerprint density at radius 3 is 1.77 bits per heavy atom. The molecule has 5 heteroatoms. The minimum atomic E-state index is -0.0966. The lowest BCUT2D eigenvalue weighted by Crippen LogP contribution is -2.17. The molecule has 2 N–H and O–H groups in total. The summed E-state index contributed by atoms with van der Waals surface area (Å²) in [5.41, 5.74) is 2.46. The molecule has 0 aliphatic rings. The molecule has 0 aliphatic carbocycles. The van der Waals surface area contributed by atoms with Crippen LogP contribution in [0.5, 0.6) is 0 Å². The molecular weight excluding hydrogens is 392 g/mol. The van der Waals surface area contributed by atoms with Crippen LogP contribution in [0.15, 0.2) is 60.7 Å². The van der Waals surface area contributed by atoms with Crippen molar-refractivity contribution in [2.24, 2.45) is 11.8 Å². The van der Waals surface area contributed by atoms with Crippen LogP contribution in [-0.4, -0.2) is 36.2 Å². The van der Waals surface area contributed by atoms with Crippen LogP contribution in [0, 0.1) is 11.8 Å². The van der Waals surface area contributed by atoms with Gasteiger partial charge in [-0.1, -0.05) is 88.4 Å². The van der Waals surface area contributed by atoms with Crippen LogP contribution >= 0.6 is 0 Å². The third kappa shape index (κ3) is 16.2. The van der Waals surface area contributed by atoms with Gasteiger partial charge in [0, 0.05) is 6.61 Å². The van der Waals surface area contributed by atoms with E-state index < -0.39 is 0 Å². The highest BCUT2D eigenvalue weighted by molar-refractivity contribution is 5.72. The predicted octanol–water partition coefficient (Wildman–Crippen LogP) is 5.56. The molecule has 0 aromatic heterocycles. The number of aliphatic hydroxyl groups excluding tert-OH is 1. The molecule has 31 heavy (non-hydrogen) atoms. The molecule has 0 heterocycles. The molecule has 2 rings (SSSR count). The smallest absolute Gasteiger partial charge is 0.308 e. The lowest BCUT2D eigenvalue weighted by molar-refractivity contribution is -0.249. The fourth-order valence-corrected chi connectivity index (χ4v) is 2.60. The molecule has 2 aromatic rings. The molecule has 0 radical (unpaired) electrons. The second kappa shape index (κ2) is 19.7. The van der Waals surface area contributed by atoms with E-state index in [1.165, 1.54) is 11.1 Å². The number of benzene rings is 2. The summed E-state index contributed by atoms with van der Waals surface area (Å²) in [6.45, 7) is 9.12. The van der Waals surface area contributed by atoms with E-state index in [-0.39, 0.29) is 11.9 Å². The Balaban J connectivity index is 0.000000504. The monoisotopic (exact) mass is 432 g/mol. The van der Waals surface area contributed by atoms with Crippen molar-refractivity contribution in [1.82, 2.24) is 0 Å². The molecule has 0 saturated heterocycles. The number of ether oxygens (including phenoxy) is 1. The van der Waals surface area contributed by atoms with Crippen LogP contribution in [0.2, 0.25) is 0 Å². The summed E-state index contributed by atoms with van der Waals surface area (Å²) in [7, 11) is 0. The Hall–Kier alpha value is -2.21. The first-order valence-electron chi connectivity index (χ1n) is 11.1. The molecule has 2 atom stereocenters. The second-order valence-corrected chi connectivity index (χ2v) is 7.57. The minimum Gasteiger partial charge on any atom is -0.465 e. The lowest BCUT2D eigenvalue weighted by Gasteiger charge is -2.10. The van der Waals surface area contributed by atoms with E-state index in [0.29, 0.717) is 25.7 Å². The number of hydrogen-bond acceptors (Lipinski definition) is 5. The number of aliphatic hydroxyl groups is 1. The van der Waals surface area contributed by atoms with Crippen LogP contribution in [-0.2, 0) is 27.3 Å². The highest BCUT2D eigenvalue weighted by atomic mass is 17.1. The van der Waals surface area contributed by atoms with Gasteiger partial charge in [-0.15, -0.1) is 0 Å². The van der Waals surface area contributed by atoms with Crippen molar-refractivity contribution in [3.63, 3.8) is 0 Å². The van der Waals surface area contributed by atoms with Gasteiger partial charge in [-0.2, -0.15) is 0 Å². The summed E-state index contributed by atoms with van der Waals surface area (Å²) in [6.07, 6.45) is 3.45. The molecule has 0 aliphatic heterocycles. The normalized spacial score (nSPS) is 11.8. The summed E-state index contributed by atoms with van der Waals surface area (Å²) in [6, 6.07) is 20.2. The van der Waals surface area contributed by atoms with Gasteiger partial charge in [0.15, 0.2) is 0 Å². The van der Waals surface area contributed by atoms with E-state index in [1.54, 1.807) is 0 Å². The summed E-state index contributed by atoms with van der Waals surface area (Å²) in [5.74, 6) is 0.206. The standard InChI is InChI=1S/C13H18O2.C10H14O2.C3H8O/c1-3-9-15-13(14)11(2)10-12-7-5-4-6-8-12;1-9(8-12-11)7-10-5-3-2-4-6-10;1-2-3-4/h4-8,11H,3,9-10H2,1-2H3;2-6,9,11H,7-8H2,1H3;4H,2-3H2,1H3. The van der Waals surface area contributed by atoms with Crippen molar-refractivity contribution in [2.45, 2.75) is 53.4 Å². The first kappa shape index (κ1) is 28.8. The number of carbonyl (C=O) groups is 1. The summed E-state index contributed by atoms with van der Waals surface area (Å²) < 4.78 is 5.09. The van der Waals surface area contributed by atoms with Crippen molar-refractivity contribution in [1.29, 1.82) is 0 Å². The molecule has 174 valence electrons. The maximum absolute atomic E-state index is 11.5. The zero-order chi connectivity index (χ0) is 23.3. The molecular formula is C26H40O5. The summed E-state index contributed by atoms with van der Waals surface area (Å²) >= 11 is 0. The second-order valence-electron chi connectivity index (χ2n) is 7.57. The molecule has 0 saturated carbocycles. The van der Waals surface area contributed by atoms with Crippen molar-refractivity contribution in [2.75, 3.05) is 19.8 Å². The first-order chi connectivity index (χ1) is 15.0. The lowest BCUT2D eigenvalue weighted by atomic mass is 10.0. The van der Waals surface area contributed by atoms with Crippen LogP contribution in [0.25, 0.3) is 0 Å². The van der Waals surface area contributed by atoms with E-state index in [1.807, 2.05) is 76.2 Å². The fraction of sp³-hybridized carbons (Fsp3) is 0.500. The number of rotatable bonds is 10. The third-order valence-corrected chi connectivity index (χ3v) is 4.25. The minimum absolute atomic E-state index is 0.0565. The van der Waals surface area contributed by atoms with Gasteiger partial charge in [0.25, 0.3) is 0 Å². The van der Waals surface area contributed by atoms with E-state index in [0.717, 1.165) is 25.7 Å². The van der Waals surface area contributed by atoms with E-state index in [9.17, 15) is 4.79 Å². The number of carbonyl (C=O) groups excluding carboxylic acids is 1. The van der Waals surface area contributed by atoms with E-state index >= 15 is 0 Å². The van der Waals surface area contributed by atoms with Crippen molar-refractivity contribution in [3.8, 4) is 0 Å². The highest BCUT2D eigenvalue weighted by Gasteiger charge is 2.14. The zero-order valence-corrected chi connectivity index (χ0v) is 19.5. The SMILES string of the molecule is CC(COO)Cc1ccccc1.CCCO.CCCOC(=O)C(C)Cc1ccccc1. The van der Waals surface area contributed by atoms with Crippen molar-refractivity contribution < 1.29 is 24.8 Å². The third-order valence-electron chi connectivity index (χ3n) is 4.25. The average molecular weight is 433 g/mol. The Labute approximate surface area is 188 Å². The van der Waals surface area contributed by atoms with Gasteiger partial charge in [-0.05, 0) is 42.7 Å². The van der Waals surface area contributed by atoms with Gasteiger partial charge in [-0.25, -0.2) is 4.89 Å². The van der Waals surface area contributed by atoms with Crippen LogP contribution in [0.4, 0.5) is 0 Å². The van der Waals surface area contributed by atoms with Gasteiger partial charge in [0.05, 0.1) is 19.1 Å². The first-order valence-corrected chi connectivity index (χ1v) is 11.1. The highest BCUT2D eigenvalue weighted by Crippen LogP contribution is 2.10. The molecule has 0 fully saturated rings. The quantitative estimate of drug-likeness (QED) is 0.292. The Bertz CT molecular complexity index is 643. The van der Waals surface area contributed by atoms with Crippen LogP contribution in [0.3, 0.4) is 0 Å². The average Bonchev–Trinajstić information content (AvgIpc) is 2.79. The summed E-state index contributed by atoms with van der Waals surface area (Å²) in [5, 5.41) is 16.1. The molecule has 2 aromatic carbocycles. The number of esters is 1. The van der Waals surface area contributed by atoms with Gasteiger partial charge in [0.2, 0.25) is 0 Å². The predicted molar refractivity (Wildman–Crippen MR) is 126 cm³/mol. The van der Waals surface area contributed by atoms with Gasteiger partial charge < -0.3 is 9.84 Å².